The third kappa shape index (κ3) is 2.88. The van der Waals surface area contributed by atoms with Crippen molar-refractivity contribution < 1.29 is 4.79 Å². The van der Waals surface area contributed by atoms with Crippen molar-refractivity contribution in [2.24, 2.45) is 11.7 Å². The van der Waals surface area contributed by atoms with Gasteiger partial charge in [-0.1, -0.05) is 6.07 Å². The number of nitrogens with one attached hydrogen (secondary N) is 1. The van der Waals surface area contributed by atoms with E-state index in [-0.39, 0.29) is 11.4 Å². The van der Waals surface area contributed by atoms with E-state index in [1.165, 1.54) is 0 Å². The van der Waals surface area contributed by atoms with E-state index in [4.69, 9.17) is 5.73 Å². The van der Waals surface area contributed by atoms with Crippen molar-refractivity contribution in [2.75, 3.05) is 6.54 Å². The molecular formula is C14H21N3O. The van der Waals surface area contributed by atoms with Crippen LogP contribution < -0.4 is 11.1 Å². The van der Waals surface area contributed by atoms with E-state index >= 15 is 0 Å². The van der Waals surface area contributed by atoms with Gasteiger partial charge in [-0.25, -0.2) is 0 Å². The standard InChI is InChI=1S/C14H21N3O/c1-10-4-3-7-16-12(10)8-13(18)17-14(2,9-15)11-5-6-11/h3-4,7,11H,5-6,8-9,15H2,1-2H3,(H,17,18). The van der Waals surface area contributed by atoms with Crippen LogP contribution in [0.15, 0.2) is 18.3 Å². The lowest BCUT2D eigenvalue weighted by Gasteiger charge is -2.29. The van der Waals surface area contributed by atoms with Gasteiger partial charge in [-0.3, -0.25) is 9.78 Å². The molecule has 0 aromatic carbocycles. The number of nitrogens with zero attached hydrogens (tertiary/aromatic N) is 1. The van der Waals surface area contributed by atoms with E-state index in [1.54, 1.807) is 6.20 Å². The summed E-state index contributed by atoms with van der Waals surface area (Å²) in [5.41, 5.74) is 7.43. The van der Waals surface area contributed by atoms with Gasteiger partial charge >= 0.3 is 0 Å². The number of amides is 1. The van der Waals surface area contributed by atoms with Crippen LogP contribution in [0.25, 0.3) is 0 Å². The zero-order valence-corrected chi connectivity index (χ0v) is 11.1. The summed E-state index contributed by atoms with van der Waals surface area (Å²) in [5.74, 6) is 0.549. The Kier molecular flexibility index (Phi) is 3.66. The molecule has 0 aliphatic heterocycles. The molecule has 2 rings (SSSR count). The molecule has 0 radical (unpaired) electrons. The Morgan fingerprint density at radius 3 is 2.89 bits per heavy atom. The van der Waals surface area contributed by atoms with Crippen LogP contribution in [-0.2, 0) is 11.2 Å². The smallest absolute Gasteiger partial charge is 0.226 e. The predicted octanol–water partition coefficient (Wildman–Crippen LogP) is 1.18. The second-order valence-corrected chi connectivity index (χ2v) is 5.39. The molecule has 3 N–H and O–H groups in total. The second-order valence-electron chi connectivity index (χ2n) is 5.39. The number of nitrogens with two attached hydrogens (primary N) is 1. The molecule has 1 heterocycles. The van der Waals surface area contributed by atoms with Crippen LogP contribution in [0.4, 0.5) is 0 Å². The number of hydrogen-bond donors (Lipinski definition) is 2. The summed E-state index contributed by atoms with van der Waals surface area (Å²) in [6.07, 6.45) is 4.38. The zero-order valence-electron chi connectivity index (χ0n) is 11.1. The van der Waals surface area contributed by atoms with Crippen molar-refractivity contribution in [1.82, 2.24) is 10.3 Å². The Morgan fingerprint density at radius 2 is 2.33 bits per heavy atom. The van der Waals surface area contributed by atoms with Crippen LogP contribution in [0.1, 0.15) is 31.0 Å². The van der Waals surface area contributed by atoms with E-state index in [0.717, 1.165) is 24.1 Å². The van der Waals surface area contributed by atoms with E-state index in [2.05, 4.69) is 10.3 Å². The first-order chi connectivity index (χ1) is 8.55. The van der Waals surface area contributed by atoms with Gasteiger partial charge in [0.15, 0.2) is 0 Å². The van der Waals surface area contributed by atoms with Gasteiger partial charge in [-0.05, 0) is 44.2 Å². The minimum Gasteiger partial charge on any atom is -0.349 e. The highest BCUT2D eigenvalue weighted by Crippen LogP contribution is 2.38. The van der Waals surface area contributed by atoms with Gasteiger partial charge in [-0.15, -0.1) is 0 Å². The Morgan fingerprint density at radius 1 is 1.61 bits per heavy atom. The third-order valence-electron chi connectivity index (χ3n) is 3.77. The largest absolute Gasteiger partial charge is 0.349 e. The van der Waals surface area contributed by atoms with Crippen LogP contribution in [0.3, 0.4) is 0 Å². The molecule has 1 saturated carbocycles. The van der Waals surface area contributed by atoms with Crippen molar-refractivity contribution in [3.05, 3.63) is 29.6 Å². The van der Waals surface area contributed by atoms with Gasteiger partial charge in [-0.2, -0.15) is 0 Å². The number of pyridine rings is 1. The molecule has 1 aliphatic rings. The monoisotopic (exact) mass is 247 g/mol. The third-order valence-corrected chi connectivity index (χ3v) is 3.77. The SMILES string of the molecule is Cc1cccnc1CC(=O)NC(C)(CN)C1CC1. The lowest BCUT2D eigenvalue weighted by molar-refractivity contribution is -0.122. The fourth-order valence-corrected chi connectivity index (χ4v) is 2.26. The van der Waals surface area contributed by atoms with Gasteiger partial charge in [0.05, 0.1) is 17.7 Å². The Balaban J connectivity index is 1.98. The number of carbonyl (C=O) groups is 1. The quantitative estimate of drug-likeness (QED) is 0.821. The number of hydrogen-bond acceptors (Lipinski definition) is 3. The van der Waals surface area contributed by atoms with Crippen LogP contribution in [-0.4, -0.2) is 23.0 Å². The van der Waals surface area contributed by atoms with Crippen molar-refractivity contribution >= 4 is 5.91 Å². The van der Waals surface area contributed by atoms with Crippen LogP contribution in [0.5, 0.6) is 0 Å². The molecule has 4 nitrogen and oxygen atoms in total. The van der Waals surface area contributed by atoms with E-state index < -0.39 is 0 Å². The van der Waals surface area contributed by atoms with Gasteiger partial charge in [0, 0.05) is 12.7 Å². The van der Waals surface area contributed by atoms with Crippen molar-refractivity contribution in [3.8, 4) is 0 Å². The maximum Gasteiger partial charge on any atom is 0.226 e. The summed E-state index contributed by atoms with van der Waals surface area (Å²) in [5, 5.41) is 3.08. The molecule has 1 aromatic heterocycles. The highest BCUT2D eigenvalue weighted by molar-refractivity contribution is 5.79. The summed E-state index contributed by atoms with van der Waals surface area (Å²) >= 11 is 0. The van der Waals surface area contributed by atoms with Gasteiger partial charge in [0.2, 0.25) is 5.91 Å². The molecule has 98 valence electrons. The summed E-state index contributed by atoms with van der Waals surface area (Å²) in [6, 6.07) is 3.85. The summed E-state index contributed by atoms with van der Waals surface area (Å²) in [4.78, 5) is 16.3. The number of aromatic nitrogens is 1. The van der Waals surface area contributed by atoms with Crippen molar-refractivity contribution in [2.45, 2.75) is 38.6 Å². The molecule has 1 aliphatic carbocycles. The molecule has 18 heavy (non-hydrogen) atoms. The Hall–Kier alpha value is -1.42. The predicted molar refractivity (Wildman–Crippen MR) is 71.0 cm³/mol. The average Bonchev–Trinajstić information content (AvgIpc) is 3.16. The summed E-state index contributed by atoms with van der Waals surface area (Å²) in [6.45, 7) is 4.50. The molecule has 4 heteroatoms. The first kappa shape index (κ1) is 13.0. The fraction of sp³-hybridized carbons (Fsp3) is 0.571. The van der Waals surface area contributed by atoms with E-state index in [1.807, 2.05) is 26.0 Å². The summed E-state index contributed by atoms with van der Waals surface area (Å²) in [7, 11) is 0. The highest BCUT2D eigenvalue weighted by atomic mass is 16.1. The maximum atomic E-state index is 12.1. The van der Waals surface area contributed by atoms with Crippen LogP contribution in [0.2, 0.25) is 0 Å². The minimum atomic E-state index is -0.250. The van der Waals surface area contributed by atoms with Crippen molar-refractivity contribution in [1.29, 1.82) is 0 Å². The molecule has 1 aromatic rings. The van der Waals surface area contributed by atoms with Gasteiger partial charge < -0.3 is 11.1 Å². The molecule has 1 unspecified atom stereocenters. The molecule has 0 spiro atoms. The lowest BCUT2D eigenvalue weighted by Crippen LogP contribution is -2.53. The molecule has 0 bridgehead atoms. The summed E-state index contributed by atoms with van der Waals surface area (Å²) < 4.78 is 0. The van der Waals surface area contributed by atoms with Crippen LogP contribution in [0, 0.1) is 12.8 Å². The lowest BCUT2D eigenvalue weighted by atomic mass is 9.95. The Labute approximate surface area is 108 Å². The first-order valence-electron chi connectivity index (χ1n) is 6.47. The van der Waals surface area contributed by atoms with Gasteiger partial charge in [0.1, 0.15) is 0 Å². The maximum absolute atomic E-state index is 12.1. The first-order valence-corrected chi connectivity index (χ1v) is 6.47. The van der Waals surface area contributed by atoms with Gasteiger partial charge in [0.25, 0.3) is 0 Å². The number of carbonyl (C=O) groups excluding carboxylic acids is 1. The second kappa shape index (κ2) is 5.06. The highest BCUT2D eigenvalue weighted by Gasteiger charge is 2.41. The average molecular weight is 247 g/mol. The molecule has 1 amide bonds. The zero-order chi connectivity index (χ0) is 13.2. The number of rotatable bonds is 5. The normalized spacial score (nSPS) is 18.2. The molecule has 1 fully saturated rings. The topological polar surface area (TPSA) is 68.0 Å². The molecule has 0 saturated heterocycles. The van der Waals surface area contributed by atoms with E-state index in [9.17, 15) is 4.79 Å². The molecular weight excluding hydrogens is 226 g/mol. The minimum absolute atomic E-state index is 0.0108. The Bertz CT molecular complexity index is 442. The van der Waals surface area contributed by atoms with E-state index in [0.29, 0.717) is 18.9 Å². The van der Waals surface area contributed by atoms with Crippen LogP contribution >= 0.6 is 0 Å². The number of aryl methyl sites for hydroxylation is 1. The van der Waals surface area contributed by atoms with Crippen molar-refractivity contribution in [3.63, 3.8) is 0 Å². The fourth-order valence-electron chi connectivity index (χ4n) is 2.26. The molecule has 1 atom stereocenters.